The molecule has 2 atom stereocenters. The van der Waals surface area contributed by atoms with Crippen LogP contribution >= 0.6 is 0 Å². The molecule has 22 heavy (non-hydrogen) atoms. The zero-order valence-corrected chi connectivity index (χ0v) is 12.7. The molecule has 3 heterocycles. The van der Waals surface area contributed by atoms with Crippen molar-refractivity contribution >= 4 is 20.8 Å². The molecular weight excluding hydrogens is 305 g/mol. The Balaban J connectivity index is 1.81. The minimum atomic E-state index is -3.70. The number of nitrogens with one attached hydrogen (secondary N) is 1. The van der Waals surface area contributed by atoms with E-state index in [9.17, 15) is 12.8 Å². The fourth-order valence-electron chi connectivity index (χ4n) is 3.52. The number of halogens is 1. The first-order chi connectivity index (χ1) is 10.6. The van der Waals surface area contributed by atoms with Gasteiger partial charge in [-0.3, -0.25) is 4.98 Å². The quantitative estimate of drug-likeness (QED) is 0.907. The summed E-state index contributed by atoms with van der Waals surface area (Å²) < 4.78 is 41.5. The number of benzene rings is 1. The highest BCUT2D eigenvalue weighted by atomic mass is 32.2. The zero-order valence-electron chi connectivity index (χ0n) is 11.9. The van der Waals surface area contributed by atoms with Crippen LogP contribution < -0.4 is 5.32 Å². The third kappa shape index (κ3) is 2.04. The van der Waals surface area contributed by atoms with Crippen molar-refractivity contribution in [2.45, 2.75) is 17.4 Å². The lowest BCUT2D eigenvalue weighted by Gasteiger charge is -2.18. The second kappa shape index (κ2) is 4.97. The molecule has 116 valence electrons. The Kier molecular flexibility index (Phi) is 3.18. The van der Waals surface area contributed by atoms with Crippen molar-refractivity contribution in [1.29, 1.82) is 0 Å². The summed E-state index contributed by atoms with van der Waals surface area (Å²) in [6, 6.07) is 5.00. The standard InChI is InChI=1S/C15H16FN3O2S/c16-12-7-17-6-10-2-1-3-14(15(10)12)22(20,21)19-8-11-4-5-18-13(11)9-19/h1-3,6-7,11,13,18H,4-5,8-9H2. The number of hydrogen-bond donors (Lipinski definition) is 1. The Morgan fingerprint density at radius 1 is 1.27 bits per heavy atom. The summed E-state index contributed by atoms with van der Waals surface area (Å²) in [4.78, 5) is 3.82. The van der Waals surface area contributed by atoms with E-state index < -0.39 is 15.8 Å². The van der Waals surface area contributed by atoms with Crippen molar-refractivity contribution in [3.8, 4) is 0 Å². The molecule has 0 bridgehead atoms. The van der Waals surface area contributed by atoms with Gasteiger partial charge < -0.3 is 5.32 Å². The summed E-state index contributed by atoms with van der Waals surface area (Å²) in [5.41, 5.74) is 0. The highest BCUT2D eigenvalue weighted by molar-refractivity contribution is 7.89. The van der Waals surface area contributed by atoms with E-state index >= 15 is 0 Å². The molecule has 5 nitrogen and oxygen atoms in total. The second-order valence-corrected chi connectivity index (χ2v) is 7.81. The fraction of sp³-hybridized carbons (Fsp3) is 0.400. The van der Waals surface area contributed by atoms with Crippen molar-refractivity contribution in [2.24, 2.45) is 5.92 Å². The summed E-state index contributed by atoms with van der Waals surface area (Å²) in [6.45, 7) is 1.90. The average Bonchev–Trinajstić information content (AvgIpc) is 3.08. The molecule has 0 saturated carbocycles. The smallest absolute Gasteiger partial charge is 0.243 e. The van der Waals surface area contributed by atoms with Crippen LogP contribution in [0.15, 0.2) is 35.5 Å². The molecule has 2 saturated heterocycles. The zero-order chi connectivity index (χ0) is 15.3. The lowest BCUT2D eigenvalue weighted by atomic mass is 10.1. The van der Waals surface area contributed by atoms with E-state index in [0.717, 1.165) is 19.2 Å². The van der Waals surface area contributed by atoms with Crippen LogP contribution in [-0.2, 0) is 10.0 Å². The lowest BCUT2D eigenvalue weighted by molar-refractivity contribution is 0.448. The molecule has 0 aliphatic carbocycles. The highest BCUT2D eigenvalue weighted by Gasteiger charge is 2.41. The third-order valence-electron chi connectivity index (χ3n) is 4.65. The molecule has 2 aliphatic rings. The fourth-order valence-corrected chi connectivity index (χ4v) is 5.27. The molecule has 4 rings (SSSR count). The van der Waals surface area contributed by atoms with Crippen LogP contribution in [0.25, 0.3) is 10.8 Å². The first-order valence-corrected chi connectivity index (χ1v) is 8.77. The van der Waals surface area contributed by atoms with Gasteiger partial charge in [0.1, 0.15) is 0 Å². The van der Waals surface area contributed by atoms with Gasteiger partial charge >= 0.3 is 0 Å². The molecule has 2 fully saturated rings. The van der Waals surface area contributed by atoms with Gasteiger partial charge in [0.15, 0.2) is 5.82 Å². The van der Waals surface area contributed by atoms with Crippen molar-refractivity contribution < 1.29 is 12.8 Å². The van der Waals surface area contributed by atoms with Crippen LogP contribution in [0, 0.1) is 11.7 Å². The summed E-state index contributed by atoms with van der Waals surface area (Å²) in [6.07, 6.45) is 3.53. The van der Waals surface area contributed by atoms with E-state index in [1.54, 1.807) is 12.1 Å². The van der Waals surface area contributed by atoms with Crippen molar-refractivity contribution in [1.82, 2.24) is 14.6 Å². The topological polar surface area (TPSA) is 62.3 Å². The molecule has 1 aromatic carbocycles. The van der Waals surface area contributed by atoms with Gasteiger partial charge in [0.2, 0.25) is 10.0 Å². The summed E-state index contributed by atoms with van der Waals surface area (Å²) in [7, 11) is -3.70. The van der Waals surface area contributed by atoms with Crippen LogP contribution in [0.5, 0.6) is 0 Å². The Morgan fingerprint density at radius 2 is 2.14 bits per heavy atom. The molecule has 2 aromatic rings. The number of pyridine rings is 1. The van der Waals surface area contributed by atoms with Crippen molar-refractivity contribution in [3.05, 3.63) is 36.4 Å². The number of fused-ring (bicyclic) bond motifs is 2. The van der Waals surface area contributed by atoms with Gasteiger partial charge in [0.25, 0.3) is 0 Å². The molecule has 0 radical (unpaired) electrons. The first-order valence-electron chi connectivity index (χ1n) is 7.33. The van der Waals surface area contributed by atoms with Crippen LogP contribution in [0.2, 0.25) is 0 Å². The largest absolute Gasteiger partial charge is 0.312 e. The van der Waals surface area contributed by atoms with Gasteiger partial charge in [-0.25, -0.2) is 12.8 Å². The van der Waals surface area contributed by atoms with E-state index in [1.807, 2.05) is 0 Å². The van der Waals surface area contributed by atoms with Crippen molar-refractivity contribution in [2.75, 3.05) is 19.6 Å². The van der Waals surface area contributed by atoms with Crippen LogP contribution in [0.1, 0.15) is 6.42 Å². The maximum Gasteiger partial charge on any atom is 0.243 e. The summed E-state index contributed by atoms with van der Waals surface area (Å²) in [5.74, 6) is -0.245. The van der Waals surface area contributed by atoms with Gasteiger partial charge in [0.05, 0.1) is 11.1 Å². The molecule has 1 aromatic heterocycles. The molecule has 0 amide bonds. The number of aromatic nitrogens is 1. The predicted octanol–water partition coefficient (Wildman–Crippen LogP) is 1.36. The number of rotatable bonds is 2. The Morgan fingerprint density at radius 3 is 2.95 bits per heavy atom. The number of hydrogen-bond acceptors (Lipinski definition) is 4. The van der Waals surface area contributed by atoms with Gasteiger partial charge in [-0.1, -0.05) is 12.1 Å². The SMILES string of the molecule is O=S(=O)(c1cccc2cncc(F)c12)N1CC2CCNC2C1. The molecule has 1 N–H and O–H groups in total. The predicted molar refractivity (Wildman–Crippen MR) is 80.4 cm³/mol. The molecule has 2 aliphatic heterocycles. The second-order valence-electron chi connectivity index (χ2n) is 5.91. The third-order valence-corrected chi connectivity index (χ3v) is 6.52. The minimum absolute atomic E-state index is 0.0323. The molecular formula is C15H16FN3O2S. The Labute approximate surface area is 128 Å². The molecule has 0 spiro atoms. The number of sulfonamides is 1. The van der Waals surface area contributed by atoms with Gasteiger partial charge in [0, 0.05) is 36.1 Å². The number of nitrogens with zero attached hydrogens (tertiary/aromatic N) is 2. The van der Waals surface area contributed by atoms with E-state index in [4.69, 9.17) is 0 Å². The van der Waals surface area contributed by atoms with E-state index in [1.165, 1.54) is 16.6 Å². The Bertz CT molecular complexity index is 823. The summed E-state index contributed by atoms with van der Waals surface area (Å²) in [5, 5.41) is 3.96. The van der Waals surface area contributed by atoms with Crippen molar-refractivity contribution in [3.63, 3.8) is 0 Å². The van der Waals surface area contributed by atoms with E-state index in [2.05, 4.69) is 10.3 Å². The van der Waals surface area contributed by atoms with Gasteiger partial charge in [-0.15, -0.1) is 0 Å². The highest BCUT2D eigenvalue weighted by Crippen LogP contribution is 2.32. The molecule has 2 unspecified atom stereocenters. The van der Waals surface area contributed by atoms with E-state index in [-0.39, 0.29) is 16.3 Å². The maximum atomic E-state index is 14.1. The first kappa shape index (κ1) is 14.0. The van der Waals surface area contributed by atoms with Crippen LogP contribution in [0.4, 0.5) is 4.39 Å². The lowest BCUT2D eigenvalue weighted by Crippen LogP contribution is -2.34. The van der Waals surface area contributed by atoms with Gasteiger partial charge in [-0.05, 0) is 24.9 Å². The maximum absolute atomic E-state index is 14.1. The van der Waals surface area contributed by atoms with Crippen LogP contribution in [0.3, 0.4) is 0 Å². The minimum Gasteiger partial charge on any atom is -0.312 e. The molecule has 7 heteroatoms. The Hall–Kier alpha value is -1.57. The summed E-state index contributed by atoms with van der Waals surface area (Å²) >= 11 is 0. The van der Waals surface area contributed by atoms with Gasteiger partial charge in [-0.2, -0.15) is 4.31 Å². The van der Waals surface area contributed by atoms with E-state index in [0.29, 0.717) is 24.4 Å². The normalized spacial score (nSPS) is 25.7. The monoisotopic (exact) mass is 321 g/mol. The average molecular weight is 321 g/mol. The van der Waals surface area contributed by atoms with Crippen LogP contribution in [-0.4, -0.2) is 43.4 Å².